The van der Waals surface area contributed by atoms with E-state index in [1.165, 1.54) is 13.0 Å². The zero-order valence-corrected chi connectivity index (χ0v) is 13.2. The standard InChI is InChI=1S/C13H18N2O5S/c1-5-13(16)10(4)14-21(19,20)11-6-8(2)9(3)12(7-11)15(17)18/h6-7,10,14H,5H2,1-4H3. The lowest BCUT2D eigenvalue weighted by molar-refractivity contribution is -0.385. The van der Waals surface area contributed by atoms with Gasteiger partial charge in [0.1, 0.15) is 5.78 Å². The van der Waals surface area contributed by atoms with Crippen LogP contribution in [-0.2, 0) is 14.8 Å². The second kappa shape index (κ2) is 6.31. The molecule has 0 radical (unpaired) electrons. The first-order chi connectivity index (χ1) is 9.60. The van der Waals surface area contributed by atoms with Gasteiger partial charge >= 0.3 is 0 Å². The Bertz CT molecular complexity index is 682. The van der Waals surface area contributed by atoms with Gasteiger partial charge in [0, 0.05) is 18.1 Å². The number of carbonyl (C=O) groups is 1. The van der Waals surface area contributed by atoms with Gasteiger partial charge < -0.3 is 0 Å². The van der Waals surface area contributed by atoms with Gasteiger partial charge in [0.05, 0.1) is 15.9 Å². The maximum Gasteiger partial charge on any atom is 0.273 e. The Hall–Kier alpha value is -1.80. The number of nitro benzene ring substituents is 1. The van der Waals surface area contributed by atoms with Crippen molar-refractivity contribution in [2.24, 2.45) is 0 Å². The van der Waals surface area contributed by atoms with E-state index in [1.54, 1.807) is 20.8 Å². The summed E-state index contributed by atoms with van der Waals surface area (Å²) >= 11 is 0. The van der Waals surface area contributed by atoms with E-state index in [0.717, 1.165) is 6.07 Å². The van der Waals surface area contributed by atoms with Crippen molar-refractivity contribution in [2.45, 2.75) is 45.1 Å². The minimum Gasteiger partial charge on any atom is -0.298 e. The summed E-state index contributed by atoms with van der Waals surface area (Å²) < 4.78 is 26.7. The van der Waals surface area contributed by atoms with Crippen molar-refractivity contribution in [1.29, 1.82) is 0 Å². The number of hydrogen-bond donors (Lipinski definition) is 1. The molecule has 1 aromatic rings. The van der Waals surface area contributed by atoms with Gasteiger partial charge in [-0.15, -0.1) is 0 Å². The average Bonchev–Trinajstić information content (AvgIpc) is 2.39. The van der Waals surface area contributed by atoms with Gasteiger partial charge in [-0.3, -0.25) is 14.9 Å². The third-order valence-corrected chi connectivity index (χ3v) is 4.80. The smallest absolute Gasteiger partial charge is 0.273 e. The normalized spacial score (nSPS) is 13.0. The summed E-state index contributed by atoms with van der Waals surface area (Å²) in [5.41, 5.74) is 0.653. The van der Waals surface area contributed by atoms with Gasteiger partial charge in [-0.05, 0) is 32.4 Å². The van der Waals surface area contributed by atoms with Crippen molar-refractivity contribution in [3.05, 3.63) is 33.4 Å². The highest BCUT2D eigenvalue weighted by atomic mass is 32.2. The van der Waals surface area contributed by atoms with Crippen LogP contribution < -0.4 is 4.72 Å². The highest BCUT2D eigenvalue weighted by Crippen LogP contribution is 2.25. The number of nitrogens with zero attached hydrogens (tertiary/aromatic N) is 1. The Labute approximate surface area is 123 Å². The predicted molar refractivity (Wildman–Crippen MR) is 77.7 cm³/mol. The van der Waals surface area contributed by atoms with Crippen molar-refractivity contribution in [3.8, 4) is 0 Å². The first kappa shape index (κ1) is 17.3. The van der Waals surface area contributed by atoms with E-state index in [0.29, 0.717) is 11.1 Å². The van der Waals surface area contributed by atoms with Crippen LogP contribution in [0, 0.1) is 24.0 Å². The quantitative estimate of drug-likeness (QED) is 0.637. The minimum absolute atomic E-state index is 0.205. The molecule has 0 fully saturated rings. The predicted octanol–water partition coefficient (Wildman–Crippen LogP) is 1.86. The number of rotatable bonds is 6. The SMILES string of the molecule is CCC(=O)C(C)NS(=O)(=O)c1cc(C)c(C)c([N+](=O)[O-])c1. The maximum atomic E-state index is 12.2. The molecule has 1 N–H and O–H groups in total. The third-order valence-electron chi connectivity index (χ3n) is 3.28. The van der Waals surface area contributed by atoms with E-state index in [1.807, 2.05) is 0 Å². The van der Waals surface area contributed by atoms with Crippen LogP contribution in [-0.4, -0.2) is 25.2 Å². The van der Waals surface area contributed by atoms with Gasteiger partial charge in [0.15, 0.2) is 0 Å². The number of ketones is 1. The summed E-state index contributed by atoms with van der Waals surface area (Å²) in [6.07, 6.45) is 0.205. The molecule has 0 bridgehead atoms. The molecule has 0 heterocycles. The van der Waals surface area contributed by atoms with Gasteiger partial charge in [-0.1, -0.05) is 6.92 Å². The Kier molecular flexibility index (Phi) is 5.19. The molecule has 7 nitrogen and oxygen atoms in total. The Balaban J connectivity index is 3.27. The van der Waals surface area contributed by atoms with Crippen molar-refractivity contribution in [3.63, 3.8) is 0 Å². The zero-order chi connectivity index (χ0) is 16.4. The van der Waals surface area contributed by atoms with Gasteiger partial charge in [0.2, 0.25) is 10.0 Å². The molecule has 0 amide bonds. The lowest BCUT2D eigenvalue weighted by Crippen LogP contribution is -2.38. The topological polar surface area (TPSA) is 106 Å². The molecule has 116 valence electrons. The second-order valence-corrected chi connectivity index (χ2v) is 6.52. The fourth-order valence-corrected chi connectivity index (χ4v) is 3.16. The number of nitrogens with one attached hydrogen (secondary N) is 1. The van der Waals surface area contributed by atoms with Gasteiger partial charge in [-0.2, -0.15) is 0 Å². The first-order valence-corrected chi connectivity index (χ1v) is 7.89. The number of carbonyl (C=O) groups excluding carboxylic acids is 1. The number of Topliss-reactive ketones (excluding diaryl/α,β-unsaturated/α-hetero) is 1. The van der Waals surface area contributed by atoms with Crippen molar-refractivity contribution in [2.75, 3.05) is 0 Å². The molecule has 0 aliphatic carbocycles. The van der Waals surface area contributed by atoms with E-state index in [9.17, 15) is 23.3 Å². The van der Waals surface area contributed by atoms with E-state index in [-0.39, 0.29) is 22.8 Å². The Morgan fingerprint density at radius 1 is 1.38 bits per heavy atom. The molecular weight excluding hydrogens is 296 g/mol. The summed E-state index contributed by atoms with van der Waals surface area (Å²) in [6, 6.07) is 1.49. The largest absolute Gasteiger partial charge is 0.298 e. The molecule has 0 aliphatic heterocycles. The molecule has 0 saturated heterocycles. The van der Waals surface area contributed by atoms with Crippen LogP contribution in [0.5, 0.6) is 0 Å². The number of sulfonamides is 1. The molecule has 1 aromatic carbocycles. The van der Waals surface area contributed by atoms with E-state index < -0.39 is 21.0 Å². The monoisotopic (exact) mass is 314 g/mol. The van der Waals surface area contributed by atoms with Gasteiger partial charge in [-0.25, -0.2) is 13.1 Å². The third kappa shape index (κ3) is 3.85. The molecule has 1 atom stereocenters. The summed E-state index contributed by atoms with van der Waals surface area (Å²) in [6.45, 7) is 6.23. The lowest BCUT2D eigenvalue weighted by Gasteiger charge is -2.13. The van der Waals surface area contributed by atoms with Crippen LogP contribution in [0.25, 0.3) is 0 Å². The van der Waals surface area contributed by atoms with Crippen molar-refractivity contribution < 1.29 is 18.1 Å². The van der Waals surface area contributed by atoms with E-state index in [2.05, 4.69) is 4.72 Å². The molecular formula is C13H18N2O5S. The Morgan fingerprint density at radius 3 is 2.43 bits per heavy atom. The van der Waals surface area contributed by atoms with Crippen molar-refractivity contribution in [1.82, 2.24) is 4.72 Å². The highest BCUT2D eigenvalue weighted by Gasteiger charge is 2.24. The van der Waals surface area contributed by atoms with Crippen LogP contribution in [0.1, 0.15) is 31.4 Å². The molecule has 0 saturated carbocycles. The average molecular weight is 314 g/mol. The summed E-state index contributed by atoms with van der Waals surface area (Å²) in [7, 11) is -3.99. The number of hydrogen-bond acceptors (Lipinski definition) is 5. The fourth-order valence-electron chi connectivity index (χ4n) is 1.83. The van der Waals surface area contributed by atoms with Gasteiger partial charge in [0.25, 0.3) is 5.69 Å². The Morgan fingerprint density at radius 2 is 1.95 bits per heavy atom. The second-order valence-electron chi connectivity index (χ2n) is 4.80. The fraction of sp³-hybridized carbons (Fsp3) is 0.462. The minimum atomic E-state index is -3.99. The lowest BCUT2D eigenvalue weighted by atomic mass is 10.1. The van der Waals surface area contributed by atoms with Crippen LogP contribution in [0.4, 0.5) is 5.69 Å². The van der Waals surface area contributed by atoms with Crippen LogP contribution in [0.15, 0.2) is 17.0 Å². The molecule has 0 spiro atoms. The van der Waals surface area contributed by atoms with Crippen LogP contribution >= 0.6 is 0 Å². The summed E-state index contributed by atoms with van der Waals surface area (Å²) in [5.74, 6) is -0.253. The van der Waals surface area contributed by atoms with Crippen molar-refractivity contribution >= 4 is 21.5 Å². The summed E-state index contributed by atoms with van der Waals surface area (Å²) in [5, 5.41) is 11.0. The number of nitro groups is 1. The maximum absolute atomic E-state index is 12.2. The summed E-state index contributed by atoms with van der Waals surface area (Å²) in [4.78, 5) is 21.6. The van der Waals surface area contributed by atoms with E-state index >= 15 is 0 Å². The number of aryl methyl sites for hydroxylation is 1. The zero-order valence-electron chi connectivity index (χ0n) is 12.3. The first-order valence-electron chi connectivity index (χ1n) is 6.40. The molecule has 1 unspecified atom stereocenters. The van der Waals surface area contributed by atoms with E-state index in [4.69, 9.17) is 0 Å². The molecule has 1 rings (SSSR count). The number of benzene rings is 1. The molecule has 0 aromatic heterocycles. The van der Waals surface area contributed by atoms with Crippen LogP contribution in [0.3, 0.4) is 0 Å². The van der Waals surface area contributed by atoms with Crippen LogP contribution in [0.2, 0.25) is 0 Å². The highest BCUT2D eigenvalue weighted by molar-refractivity contribution is 7.89. The molecule has 21 heavy (non-hydrogen) atoms. The molecule has 8 heteroatoms. The molecule has 0 aliphatic rings.